The van der Waals surface area contributed by atoms with Gasteiger partial charge in [0.1, 0.15) is 12.7 Å². The molecule has 0 aromatic rings. The number of aliphatic hydroxyl groups is 2. The third-order valence-electron chi connectivity index (χ3n) is 7.16. The third-order valence-corrected chi connectivity index (χ3v) is 8.11. The maximum absolute atomic E-state index is 12.5. The van der Waals surface area contributed by atoms with Crippen LogP contribution < -0.4 is 0 Å². The summed E-state index contributed by atoms with van der Waals surface area (Å²) in [6.07, 6.45) is 34.9. The van der Waals surface area contributed by atoms with Crippen LogP contribution in [0.2, 0.25) is 0 Å². The zero-order chi connectivity index (χ0) is 36.3. The molecule has 49 heavy (non-hydrogen) atoms. The molecule has 0 saturated carbocycles. The molecular formula is C38H65O10P. The van der Waals surface area contributed by atoms with Crippen LogP contribution in [0.15, 0.2) is 60.8 Å². The van der Waals surface area contributed by atoms with Gasteiger partial charge in [0.05, 0.1) is 19.8 Å². The number of esters is 2. The Kier molecular flexibility index (Phi) is 32.5. The number of aliphatic hydroxyl groups excluding tert-OH is 2. The van der Waals surface area contributed by atoms with Crippen molar-refractivity contribution in [3.63, 3.8) is 0 Å². The van der Waals surface area contributed by atoms with Crippen LogP contribution in [0.5, 0.6) is 0 Å². The first-order valence-corrected chi connectivity index (χ1v) is 19.7. The minimum atomic E-state index is -4.62. The number of phosphoric acid groups is 1. The van der Waals surface area contributed by atoms with Gasteiger partial charge in [-0.2, -0.15) is 0 Å². The highest BCUT2D eigenvalue weighted by Gasteiger charge is 2.27. The number of ether oxygens (including phenoxy) is 2. The highest BCUT2D eigenvalue weighted by atomic mass is 31.2. The maximum Gasteiger partial charge on any atom is 0.472 e. The molecule has 282 valence electrons. The van der Waals surface area contributed by atoms with Gasteiger partial charge < -0.3 is 24.6 Å². The Hall–Kier alpha value is -2.33. The molecule has 11 heteroatoms. The van der Waals surface area contributed by atoms with E-state index in [9.17, 15) is 24.2 Å². The minimum Gasteiger partial charge on any atom is -0.462 e. The van der Waals surface area contributed by atoms with Gasteiger partial charge in [-0.25, -0.2) is 4.57 Å². The summed E-state index contributed by atoms with van der Waals surface area (Å²) in [7, 11) is -4.62. The lowest BCUT2D eigenvalue weighted by Gasteiger charge is -2.20. The van der Waals surface area contributed by atoms with E-state index in [2.05, 4.69) is 79.1 Å². The van der Waals surface area contributed by atoms with Gasteiger partial charge in [0.2, 0.25) is 0 Å². The second kappa shape index (κ2) is 34.1. The molecule has 0 spiro atoms. The molecular weight excluding hydrogens is 647 g/mol. The van der Waals surface area contributed by atoms with Gasteiger partial charge >= 0.3 is 19.8 Å². The predicted molar refractivity (Wildman–Crippen MR) is 196 cm³/mol. The van der Waals surface area contributed by atoms with E-state index in [-0.39, 0.29) is 19.4 Å². The van der Waals surface area contributed by atoms with Crippen molar-refractivity contribution >= 4 is 19.8 Å². The summed E-state index contributed by atoms with van der Waals surface area (Å²) < 4.78 is 32.5. The zero-order valence-corrected chi connectivity index (χ0v) is 31.0. The van der Waals surface area contributed by atoms with Gasteiger partial charge in [-0.1, -0.05) is 107 Å². The number of carbonyl (C=O) groups excluding carboxylic acids is 2. The Balaban J connectivity index is 4.48. The van der Waals surface area contributed by atoms with Gasteiger partial charge in [0.25, 0.3) is 0 Å². The van der Waals surface area contributed by atoms with E-state index in [0.717, 1.165) is 77.0 Å². The second-order valence-corrected chi connectivity index (χ2v) is 13.3. The van der Waals surface area contributed by atoms with Crippen LogP contribution in [0.1, 0.15) is 129 Å². The Morgan fingerprint density at radius 3 is 1.76 bits per heavy atom. The minimum absolute atomic E-state index is 0.161. The Morgan fingerprint density at radius 1 is 0.633 bits per heavy atom. The summed E-state index contributed by atoms with van der Waals surface area (Å²) in [5.74, 6) is -0.994. The number of unbranched alkanes of at least 4 members (excludes halogenated alkanes) is 9. The van der Waals surface area contributed by atoms with E-state index in [1.54, 1.807) is 0 Å². The van der Waals surface area contributed by atoms with Crippen molar-refractivity contribution in [2.45, 2.75) is 142 Å². The number of hydrogen-bond donors (Lipinski definition) is 3. The molecule has 3 N–H and O–H groups in total. The molecule has 0 saturated heterocycles. The lowest BCUT2D eigenvalue weighted by molar-refractivity contribution is -0.161. The fourth-order valence-electron chi connectivity index (χ4n) is 4.32. The first-order valence-electron chi connectivity index (χ1n) is 18.2. The molecule has 0 fully saturated rings. The Morgan fingerprint density at radius 2 is 1.12 bits per heavy atom. The van der Waals surface area contributed by atoms with Gasteiger partial charge in [-0.05, 0) is 70.6 Å². The largest absolute Gasteiger partial charge is 0.472 e. The predicted octanol–water partition coefficient (Wildman–Crippen LogP) is 8.77. The summed E-state index contributed by atoms with van der Waals surface area (Å²) in [4.78, 5) is 34.7. The van der Waals surface area contributed by atoms with E-state index < -0.39 is 51.8 Å². The van der Waals surface area contributed by atoms with Crippen molar-refractivity contribution in [1.29, 1.82) is 0 Å². The summed E-state index contributed by atoms with van der Waals surface area (Å²) in [5.41, 5.74) is 0. The van der Waals surface area contributed by atoms with Crippen LogP contribution in [0.3, 0.4) is 0 Å². The standard InChI is InChI=1S/C38H65O10P/c1-3-5-7-9-11-13-15-16-17-18-20-21-23-25-27-29-37(41)45-33-36(34-47-49(43,44)46-32-35(40)31-39)48-38(42)30-28-26-24-22-19-14-12-10-8-6-4-2/h5,7,10-13,16-17,20-21,35-36,39-40H,3-4,6,8-9,14-15,18-19,22-34H2,1-2H3,(H,43,44)/b7-5-,12-10-,13-11-,17-16-,21-20-/t35-,36+/m0/s1. The molecule has 1 unspecified atom stereocenters. The SMILES string of the molecule is CC/C=C\C/C=C\C/C=C\C/C=C\CCCCC(=O)OC[C@H](COP(=O)(O)OC[C@@H](O)CO)OC(=O)CCCCCCC/C=C\CCCC. The van der Waals surface area contributed by atoms with Crippen molar-refractivity contribution in [2.24, 2.45) is 0 Å². The summed E-state index contributed by atoms with van der Waals surface area (Å²) >= 11 is 0. The molecule has 0 aromatic heterocycles. The van der Waals surface area contributed by atoms with Crippen molar-refractivity contribution in [2.75, 3.05) is 26.4 Å². The molecule has 10 nitrogen and oxygen atoms in total. The van der Waals surface area contributed by atoms with Crippen molar-refractivity contribution < 1.29 is 47.8 Å². The Labute approximate surface area is 296 Å². The quantitative estimate of drug-likeness (QED) is 0.0261. The van der Waals surface area contributed by atoms with Gasteiger partial charge in [0, 0.05) is 12.8 Å². The second-order valence-electron chi connectivity index (χ2n) is 11.9. The molecule has 0 rings (SSSR count). The fourth-order valence-corrected chi connectivity index (χ4v) is 5.10. The number of phosphoric ester groups is 1. The van der Waals surface area contributed by atoms with Crippen LogP contribution in [0, 0.1) is 0 Å². The average molecular weight is 713 g/mol. The number of rotatable bonds is 33. The number of hydrogen-bond acceptors (Lipinski definition) is 9. The molecule has 0 aliphatic rings. The monoisotopic (exact) mass is 712 g/mol. The summed E-state index contributed by atoms with van der Waals surface area (Å²) in [6.45, 7) is 2.13. The smallest absolute Gasteiger partial charge is 0.462 e. The van der Waals surface area contributed by atoms with Gasteiger partial charge in [-0.3, -0.25) is 18.6 Å². The summed E-state index contributed by atoms with van der Waals surface area (Å²) in [6, 6.07) is 0. The number of allylic oxidation sites excluding steroid dienone is 10. The van der Waals surface area contributed by atoms with E-state index in [0.29, 0.717) is 12.8 Å². The van der Waals surface area contributed by atoms with E-state index >= 15 is 0 Å². The maximum atomic E-state index is 12.5. The van der Waals surface area contributed by atoms with Crippen LogP contribution in [-0.2, 0) is 32.7 Å². The topological polar surface area (TPSA) is 149 Å². The van der Waals surface area contributed by atoms with Gasteiger partial charge in [0.15, 0.2) is 6.10 Å². The van der Waals surface area contributed by atoms with Gasteiger partial charge in [-0.15, -0.1) is 0 Å². The van der Waals surface area contributed by atoms with E-state index in [1.165, 1.54) is 12.8 Å². The van der Waals surface area contributed by atoms with E-state index in [1.807, 2.05) is 0 Å². The molecule has 0 amide bonds. The summed E-state index contributed by atoms with van der Waals surface area (Å²) in [5, 5.41) is 18.2. The molecule has 0 bridgehead atoms. The van der Waals surface area contributed by atoms with Crippen molar-refractivity contribution in [3.05, 3.63) is 60.8 Å². The third kappa shape index (κ3) is 33.9. The lowest BCUT2D eigenvalue weighted by Crippen LogP contribution is -2.29. The first-order chi connectivity index (χ1) is 23.7. The lowest BCUT2D eigenvalue weighted by atomic mass is 10.1. The highest BCUT2D eigenvalue weighted by molar-refractivity contribution is 7.47. The van der Waals surface area contributed by atoms with Crippen LogP contribution in [-0.4, -0.2) is 65.7 Å². The molecule has 0 aromatic carbocycles. The fraction of sp³-hybridized carbons (Fsp3) is 0.684. The van der Waals surface area contributed by atoms with Crippen molar-refractivity contribution in [3.8, 4) is 0 Å². The average Bonchev–Trinajstić information content (AvgIpc) is 3.09. The Bertz CT molecular complexity index is 1000. The molecule has 0 heterocycles. The van der Waals surface area contributed by atoms with E-state index in [4.69, 9.17) is 19.1 Å². The zero-order valence-electron chi connectivity index (χ0n) is 30.1. The normalized spacial score (nSPS) is 14.8. The molecule has 0 radical (unpaired) electrons. The molecule has 0 aliphatic heterocycles. The van der Waals surface area contributed by atoms with Crippen LogP contribution in [0.4, 0.5) is 0 Å². The van der Waals surface area contributed by atoms with Crippen LogP contribution in [0.25, 0.3) is 0 Å². The van der Waals surface area contributed by atoms with Crippen LogP contribution >= 0.6 is 7.82 Å². The molecule has 3 atom stereocenters. The van der Waals surface area contributed by atoms with Crippen molar-refractivity contribution in [1.82, 2.24) is 0 Å². The number of carbonyl (C=O) groups is 2. The molecule has 0 aliphatic carbocycles. The first kappa shape index (κ1) is 46.7. The highest BCUT2D eigenvalue weighted by Crippen LogP contribution is 2.43.